The maximum atomic E-state index is 10.8. The minimum Gasteiger partial charge on any atom is -0.327 e. The molecule has 0 saturated carbocycles. The first-order valence-corrected chi connectivity index (χ1v) is 3.42. The van der Waals surface area contributed by atoms with E-state index in [-0.39, 0.29) is 11.9 Å². The van der Waals surface area contributed by atoms with Crippen LogP contribution in [0.1, 0.15) is 19.8 Å². The van der Waals surface area contributed by atoms with Crippen LogP contribution in [0.5, 0.6) is 0 Å². The van der Waals surface area contributed by atoms with Gasteiger partial charge in [0.2, 0.25) is 5.91 Å². The fourth-order valence-corrected chi connectivity index (χ4v) is 1.28. The lowest BCUT2D eigenvalue weighted by molar-refractivity contribution is -0.128. The lowest BCUT2D eigenvalue weighted by Gasteiger charge is -2.16. The quantitative estimate of drug-likeness (QED) is 0.490. The van der Waals surface area contributed by atoms with Gasteiger partial charge >= 0.3 is 0 Å². The molecule has 0 spiro atoms. The summed E-state index contributed by atoms with van der Waals surface area (Å²) in [5.41, 5.74) is 0. The van der Waals surface area contributed by atoms with Crippen molar-refractivity contribution in [2.75, 3.05) is 6.54 Å². The number of carbonyl (C=O) groups is 1. The lowest BCUT2D eigenvalue weighted by Crippen LogP contribution is -2.32. The first-order valence-electron chi connectivity index (χ1n) is 3.42. The molecule has 1 heterocycles. The number of carbonyl (C=O) groups excluding carboxylic acids is 1. The van der Waals surface area contributed by atoms with E-state index < -0.39 is 0 Å². The predicted molar refractivity (Wildman–Crippen MR) is 36.0 cm³/mol. The van der Waals surface area contributed by atoms with Crippen LogP contribution in [0.3, 0.4) is 0 Å². The molecule has 10 heavy (non-hydrogen) atoms. The minimum atomic E-state index is -0.155. The van der Waals surface area contributed by atoms with Crippen molar-refractivity contribution >= 4 is 5.91 Å². The topological polar surface area (TPSA) is 44.1 Å². The Morgan fingerprint density at radius 2 is 2.50 bits per heavy atom. The zero-order valence-electron chi connectivity index (χ0n) is 6.00. The van der Waals surface area contributed by atoms with E-state index in [1.54, 1.807) is 4.90 Å². The highest BCUT2D eigenvalue weighted by Crippen LogP contribution is 2.15. The Balaban J connectivity index is 2.61. The van der Waals surface area contributed by atoms with Gasteiger partial charge in [-0.3, -0.25) is 4.79 Å². The maximum Gasteiger partial charge on any atom is 0.220 e. The summed E-state index contributed by atoms with van der Waals surface area (Å²) in [5, 5.41) is 8.54. The highest BCUT2D eigenvalue weighted by molar-refractivity contribution is 5.74. The maximum absolute atomic E-state index is 10.8. The van der Waals surface area contributed by atoms with Gasteiger partial charge in [-0.1, -0.05) is 0 Å². The van der Waals surface area contributed by atoms with Gasteiger partial charge in [0.05, 0.1) is 6.07 Å². The molecule has 1 saturated heterocycles. The Morgan fingerprint density at radius 3 is 2.90 bits per heavy atom. The SMILES string of the molecule is CC(=O)N1CCC[C@@H]1C#N. The first kappa shape index (κ1) is 7.07. The number of hydrogen-bond donors (Lipinski definition) is 0. The van der Waals surface area contributed by atoms with Crippen LogP contribution in [0, 0.1) is 11.3 Å². The molecule has 0 bridgehead atoms. The summed E-state index contributed by atoms with van der Waals surface area (Å²) in [5.74, 6) is 0.0176. The van der Waals surface area contributed by atoms with E-state index in [4.69, 9.17) is 5.26 Å². The van der Waals surface area contributed by atoms with Crippen LogP contribution in [0.15, 0.2) is 0 Å². The van der Waals surface area contributed by atoms with Gasteiger partial charge in [-0.05, 0) is 12.8 Å². The molecular formula is C7H10N2O. The normalized spacial score (nSPS) is 24.4. The number of hydrogen-bond acceptors (Lipinski definition) is 2. The van der Waals surface area contributed by atoms with Gasteiger partial charge < -0.3 is 4.90 Å². The molecule has 0 aromatic rings. The number of amides is 1. The molecule has 1 atom stereocenters. The van der Waals surface area contributed by atoms with Gasteiger partial charge in [-0.2, -0.15) is 5.26 Å². The van der Waals surface area contributed by atoms with Crippen LogP contribution in [-0.2, 0) is 4.79 Å². The van der Waals surface area contributed by atoms with Crippen LogP contribution < -0.4 is 0 Å². The number of nitriles is 1. The lowest BCUT2D eigenvalue weighted by atomic mass is 10.2. The molecule has 0 unspecified atom stereocenters. The number of nitrogens with zero attached hydrogens (tertiary/aromatic N) is 2. The Bertz CT molecular complexity index is 183. The standard InChI is InChI=1S/C7H10N2O/c1-6(10)9-4-2-3-7(9)5-8/h7H,2-4H2,1H3/t7-/m1/s1. The molecule has 1 rings (SSSR count). The van der Waals surface area contributed by atoms with Crippen molar-refractivity contribution in [2.24, 2.45) is 0 Å². The largest absolute Gasteiger partial charge is 0.327 e. The Morgan fingerprint density at radius 1 is 1.80 bits per heavy atom. The molecule has 3 nitrogen and oxygen atoms in total. The van der Waals surface area contributed by atoms with E-state index in [0.29, 0.717) is 0 Å². The van der Waals surface area contributed by atoms with Crippen molar-refractivity contribution in [3.63, 3.8) is 0 Å². The second-order valence-electron chi connectivity index (χ2n) is 2.50. The zero-order chi connectivity index (χ0) is 7.56. The summed E-state index contributed by atoms with van der Waals surface area (Å²) in [6, 6.07) is 1.95. The van der Waals surface area contributed by atoms with Crippen molar-refractivity contribution in [1.82, 2.24) is 4.90 Å². The van der Waals surface area contributed by atoms with Gasteiger partial charge in [-0.15, -0.1) is 0 Å². The average Bonchev–Trinajstić information content (AvgIpc) is 2.33. The molecular weight excluding hydrogens is 128 g/mol. The Hall–Kier alpha value is -1.04. The van der Waals surface area contributed by atoms with Crippen molar-refractivity contribution in [3.8, 4) is 6.07 Å². The van der Waals surface area contributed by atoms with E-state index in [1.807, 2.05) is 0 Å². The Labute approximate surface area is 60.2 Å². The van der Waals surface area contributed by atoms with Crippen molar-refractivity contribution in [2.45, 2.75) is 25.8 Å². The number of rotatable bonds is 0. The van der Waals surface area contributed by atoms with Crippen molar-refractivity contribution < 1.29 is 4.79 Å². The molecule has 0 aliphatic carbocycles. The van der Waals surface area contributed by atoms with Gasteiger partial charge in [0.1, 0.15) is 6.04 Å². The third-order valence-electron chi connectivity index (χ3n) is 1.81. The second kappa shape index (κ2) is 2.70. The summed E-state index contributed by atoms with van der Waals surface area (Å²) >= 11 is 0. The van der Waals surface area contributed by atoms with Crippen LogP contribution in [-0.4, -0.2) is 23.4 Å². The fraction of sp³-hybridized carbons (Fsp3) is 0.714. The van der Waals surface area contributed by atoms with Gasteiger partial charge in [0.15, 0.2) is 0 Å². The third kappa shape index (κ3) is 1.10. The van der Waals surface area contributed by atoms with Crippen LogP contribution in [0.2, 0.25) is 0 Å². The third-order valence-corrected chi connectivity index (χ3v) is 1.81. The summed E-state index contributed by atoms with van der Waals surface area (Å²) in [6.45, 7) is 2.27. The molecule has 1 aliphatic rings. The van der Waals surface area contributed by atoms with E-state index in [9.17, 15) is 4.79 Å². The zero-order valence-corrected chi connectivity index (χ0v) is 6.00. The van der Waals surface area contributed by atoms with E-state index in [1.165, 1.54) is 6.92 Å². The monoisotopic (exact) mass is 138 g/mol. The highest BCUT2D eigenvalue weighted by Gasteiger charge is 2.25. The van der Waals surface area contributed by atoms with Gasteiger partial charge in [0.25, 0.3) is 0 Å². The number of likely N-dealkylation sites (tertiary alicyclic amines) is 1. The molecule has 54 valence electrons. The average molecular weight is 138 g/mol. The van der Waals surface area contributed by atoms with Crippen LogP contribution in [0.25, 0.3) is 0 Å². The molecule has 3 heteroatoms. The molecule has 0 radical (unpaired) electrons. The van der Waals surface area contributed by atoms with E-state index >= 15 is 0 Å². The molecule has 1 aliphatic heterocycles. The molecule has 0 aromatic heterocycles. The summed E-state index contributed by atoms with van der Waals surface area (Å²) in [7, 11) is 0. The van der Waals surface area contributed by atoms with Crippen LogP contribution in [0.4, 0.5) is 0 Å². The van der Waals surface area contributed by atoms with E-state index in [0.717, 1.165) is 19.4 Å². The summed E-state index contributed by atoms with van der Waals surface area (Å²) < 4.78 is 0. The van der Waals surface area contributed by atoms with E-state index in [2.05, 4.69) is 6.07 Å². The second-order valence-corrected chi connectivity index (χ2v) is 2.50. The van der Waals surface area contributed by atoms with Gasteiger partial charge in [-0.25, -0.2) is 0 Å². The summed E-state index contributed by atoms with van der Waals surface area (Å²) in [6.07, 6.45) is 1.81. The van der Waals surface area contributed by atoms with Crippen molar-refractivity contribution in [3.05, 3.63) is 0 Å². The van der Waals surface area contributed by atoms with Gasteiger partial charge in [0, 0.05) is 13.5 Å². The summed E-state index contributed by atoms with van der Waals surface area (Å²) in [4.78, 5) is 12.4. The minimum absolute atomic E-state index is 0.0176. The fourth-order valence-electron chi connectivity index (χ4n) is 1.28. The van der Waals surface area contributed by atoms with Crippen LogP contribution >= 0.6 is 0 Å². The Kier molecular flexibility index (Phi) is 1.91. The molecule has 1 amide bonds. The molecule has 1 fully saturated rings. The highest BCUT2D eigenvalue weighted by atomic mass is 16.2. The van der Waals surface area contributed by atoms with Crippen molar-refractivity contribution in [1.29, 1.82) is 5.26 Å². The predicted octanol–water partition coefficient (Wildman–Crippen LogP) is 0.521. The first-order chi connectivity index (χ1) is 4.75. The molecule has 0 aromatic carbocycles. The molecule has 0 N–H and O–H groups in total. The smallest absolute Gasteiger partial charge is 0.220 e.